The first-order valence-electron chi connectivity index (χ1n) is 7.00. The number of hydrogen-bond acceptors (Lipinski definition) is 1. The second kappa shape index (κ2) is 8.06. The van der Waals surface area contributed by atoms with Gasteiger partial charge in [-0.2, -0.15) is 0 Å². The van der Waals surface area contributed by atoms with Crippen molar-refractivity contribution in [3.05, 3.63) is 30.3 Å². The molecule has 1 aromatic carbocycles. The summed E-state index contributed by atoms with van der Waals surface area (Å²) < 4.78 is 9.48. The highest BCUT2D eigenvalue weighted by Gasteiger charge is 2.29. The summed E-state index contributed by atoms with van der Waals surface area (Å²) in [7, 11) is 0. The zero-order chi connectivity index (χ0) is 14.3. The molecule has 0 saturated carbocycles. The Bertz CT molecular complexity index is 398. The van der Waals surface area contributed by atoms with E-state index in [4.69, 9.17) is 16.0 Å². The van der Waals surface area contributed by atoms with Gasteiger partial charge in [-0.3, -0.25) is 0 Å². The Hall–Kier alpha value is -0.340. The molecule has 5 heteroatoms. The second-order valence-corrected chi connectivity index (χ2v) is 7.89. The maximum absolute atomic E-state index is 7.00. The van der Waals surface area contributed by atoms with Gasteiger partial charge < -0.3 is 0 Å². The van der Waals surface area contributed by atoms with Crippen LogP contribution in [0.3, 0.4) is 0 Å². The summed E-state index contributed by atoms with van der Waals surface area (Å²) >= 11 is 7.00. The zero-order valence-corrected chi connectivity index (χ0v) is 14.0. The zero-order valence-electron chi connectivity index (χ0n) is 12.4. The molecule has 0 saturated heterocycles. The van der Waals surface area contributed by atoms with Crippen LogP contribution in [0.5, 0.6) is 0 Å². The monoisotopic (exact) mass is 301 g/mol. The molecular formula is C14H25ClN3P. The van der Waals surface area contributed by atoms with Gasteiger partial charge in [0.15, 0.2) is 6.71 Å². The third kappa shape index (κ3) is 4.06. The predicted molar refractivity (Wildman–Crippen MR) is 87.1 cm³/mol. The first-order valence-corrected chi connectivity index (χ1v) is 9.55. The summed E-state index contributed by atoms with van der Waals surface area (Å²) in [6, 6.07) is 10.0. The van der Waals surface area contributed by atoms with Crippen LogP contribution >= 0.6 is 17.9 Å². The van der Waals surface area contributed by atoms with E-state index in [9.17, 15) is 0 Å². The lowest BCUT2D eigenvalue weighted by atomic mass is 10.3. The van der Waals surface area contributed by atoms with Crippen molar-refractivity contribution < 1.29 is 0 Å². The molecule has 0 bridgehead atoms. The molecule has 0 aliphatic carbocycles. The van der Waals surface area contributed by atoms with Gasteiger partial charge in [0.05, 0.1) is 5.69 Å². The summed E-state index contributed by atoms with van der Waals surface area (Å²) in [6.07, 6.45) is 0. The van der Waals surface area contributed by atoms with E-state index >= 15 is 0 Å². The maximum Gasteiger partial charge on any atom is 0.191 e. The highest BCUT2D eigenvalue weighted by Crippen LogP contribution is 2.62. The van der Waals surface area contributed by atoms with E-state index in [1.165, 1.54) is 0 Å². The van der Waals surface area contributed by atoms with Crippen molar-refractivity contribution in [3.63, 3.8) is 0 Å². The van der Waals surface area contributed by atoms with Crippen molar-refractivity contribution in [1.82, 2.24) is 9.34 Å². The van der Waals surface area contributed by atoms with Crippen LogP contribution in [0.4, 0.5) is 5.69 Å². The molecule has 0 aliphatic heterocycles. The lowest BCUT2D eigenvalue weighted by Gasteiger charge is -2.37. The van der Waals surface area contributed by atoms with E-state index < -0.39 is 6.71 Å². The molecule has 0 amide bonds. The quantitative estimate of drug-likeness (QED) is 0.646. The van der Waals surface area contributed by atoms with E-state index in [1.807, 2.05) is 30.3 Å². The van der Waals surface area contributed by atoms with Gasteiger partial charge in [0.25, 0.3) is 0 Å². The van der Waals surface area contributed by atoms with E-state index in [0.717, 1.165) is 31.9 Å². The van der Waals surface area contributed by atoms with Crippen LogP contribution < -0.4 is 0 Å². The number of nitrogens with zero attached hydrogens (tertiary/aromatic N) is 3. The Morgan fingerprint density at radius 1 is 0.895 bits per heavy atom. The Morgan fingerprint density at radius 2 is 1.32 bits per heavy atom. The van der Waals surface area contributed by atoms with Gasteiger partial charge in [-0.15, -0.1) is 0 Å². The van der Waals surface area contributed by atoms with Gasteiger partial charge in [0.1, 0.15) is 0 Å². The molecule has 0 N–H and O–H groups in total. The van der Waals surface area contributed by atoms with Crippen molar-refractivity contribution in [3.8, 4) is 0 Å². The minimum atomic E-state index is -2.15. The molecule has 0 fully saturated rings. The summed E-state index contributed by atoms with van der Waals surface area (Å²) in [5.41, 5.74) is 0.963. The van der Waals surface area contributed by atoms with Gasteiger partial charge in [0.2, 0.25) is 0 Å². The topological polar surface area (TPSA) is 18.8 Å². The van der Waals surface area contributed by atoms with Gasteiger partial charge in [-0.25, -0.2) is 14.1 Å². The third-order valence-corrected chi connectivity index (χ3v) is 7.74. The lowest BCUT2D eigenvalue weighted by Crippen LogP contribution is -2.29. The van der Waals surface area contributed by atoms with Crippen molar-refractivity contribution in [2.45, 2.75) is 27.7 Å². The molecular weight excluding hydrogens is 277 g/mol. The number of benzene rings is 1. The molecule has 0 atom stereocenters. The van der Waals surface area contributed by atoms with E-state index in [2.05, 4.69) is 37.0 Å². The Kier molecular flexibility index (Phi) is 7.09. The Balaban J connectivity index is 3.29. The molecule has 0 heterocycles. The largest absolute Gasteiger partial charge is 0.246 e. The van der Waals surface area contributed by atoms with Crippen LogP contribution in [0.15, 0.2) is 35.1 Å². The minimum Gasteiger partial charge on any atom is -0.246 e. The third-order valence-electron chi connectivity index (χ3n) is 3.18. The average molecular weight is 302 g/mol. The molecule has 1 aromatic rings. The predicted octanol–water partition coefficient (Wildman–Crippen LogP) is 5.19. The second-order valence-electron chi connectivity index (χ2n) is 4.21. The minimum absolute atomic E-state index is 0.917. The van der Waals surface area contributed by atoms with E-state index in [1.54, 1.807) is 0 Å². The van der Waals surface area contributed by atoms with Crippen LogP contribution in [-0.4, -0.2) is 35.5 Å². The maximum atomic E-state index is 7.00. The van der Waals surface area contributed by atoms with E-state index in [0.29, 0.717) is 0 Å². The van der Waals surface area contributed by atoms with Crippen LogP contribution in [-0.2, 0) is 0 Å². The molecule has 0 aliphatic rings. The molecule has 108 valence electrons. The Morgan fingerprint density at radius 3 is 1.68 bits per heavy atom. The van der Waals surface area contributed by atoms with Crippen LogP contribution in [0.2, 0.25) is 0 Å². The van der Waals surface area contributed by atoms with Crippen molar-refractivity contribution >= 4 is 23.6 Å². The SMILES string of the molecule is CCN(CC)P(Cl)(=Nc1ccccc1)N(CC)CC. The summed E-state index contributed by atoms with van der Waals surface area (Å²) in [4.78, 5) is 0. The molecule has 19 heavy (non-hydrogen) atoms. The first kappa shape index (κ1) is 16.7. The molecule has 0 spiro atoms. The number of hydrogen-bond donors (Lipinski definition) is 0. The van der Waals surface area contributed by atoms with Gasteiger partial charge in [0, 0.05) is 26.2 Å². The number of halogens is 1. The fourth-order valence-corrected chi connectivity index (χ4v) is 6.14. The first-order chi connectivity index (χ1) is 9.12. The van der Waals surface area contributed by atoms with Crippen molar-refractivity contribution in [1.29, 1.82) is 0 Å². The van der Waals surface area contributed by atoms with E-state index in [-0.39, 0.29) is 0 Å². The van der Waals surface area contributed by atoms with Gasteiger partial charge >= 0.3 is 0 Å². The lowest BCUT2D eigenvalue weighted by molar-refractivity contribution is 0.425. The molecule has 0 unspecified atom stereocenters. The van der Waals surface area contributed by atoms with Crippen LogP contribution in [0, 0.1) is 0 Å². The fourth-order valence-electron chi connectivity index (χ4n) is 2.11. The molecule has 0 radical (unpaired) electrons. The highest BCUT2D eigenvalue weighted by molar-refractivity contribution is 7.87. The smallest absolute Gasteiger partial charge is 0.191 e. The Labute approximate surface area is 122 Å². The van der Waals surface area contributed by atoms with Crippen molar-refractivity contribution in [2.75, 3.05) is 26.2 Å². The van der Waals surface area contributed by atoms with Gasteiger partial charge in [-0.05, 0) is 23.4 Å². The fraction of sp³-hybridized carbons (Fsp3) is 0.571. The highest BCUT2D eigenvalue weighted by atomic mass is 35.7. The summed E-state index contributed by atoms with van der Waals surface area (Å²) in [6.45, 7) is 10.1. The van der Waals surface area contributed by atoms with Crippen LogP contribution in [0.25, 0.3) is 0 Å². The molecule has 3 nitrogen and oxygen atoms in total. The van der Waals surface area contributed by atoms with Crippen LogP contribution in [0.1, 0.15) is 27.7 Å². The average Bonchev–Trinajstić information content (AvgIpc) is 2.42. The molecule has 1 rings (SSSR count). The normalized spacial score (nSPS) is 12.2. The van der Waals surface area contributed by atoms with Gasteiger partial charge in [-0.1, -0.05) is 45.9 Å². The standard InChI is InChI=1S/C14H25ClN3P/c1-5-17(6-2)19(15,18(7-3)8-4)16-14-12-10-9-11-13-14/h9-13H,5-8H2,1-4H3. The van der Waals surface area contributed by atoms with Crippen molar-refractivity contribution in [2.24, 2.45) is 4.74 Å². The summed E-state index contributed by atoms with van der Waals surface area (Å²) in [5.74, 6) is 0. The molecule has 0 aromatic heterocycles. The number of rotatable bonds is 7. The summed E-state index contributed by atoms with van der Waals surface area (Å²) in [5, 5.41) is 0.